The molecular formula is C20H35N5O3. The number of hydrogen-bond acceptors (Lipinski definition) is 8. The SMILES string of the molecule is C.CC(C)(C)c1ncco1.CC(C)(C)c1ncon1.CC(C)(C)c1nnco1. The molecule has 0 amide bonds. The summed E-state index contributed by atoms with van der Waals surface area (Å²) < 4.78 is 14.6. The van der Waals surface area contributed by atoms with E-state index in [0.717, 1.165) is 11.7 Å². The van der Waals surface area contributed by atoms with Gasteiger partial charge in [0.05, 0.1) is 6.20 Å². The first-order valence-electron chi connectivity index (χ1n) is 8.75. The first-order valence-corrected chi connectivity index (χ1v) is 8.75. The lowest BCUT2D eigenvalue weighted by Crippen LogP contribution is -2.12. The summed E-state index contributed by atoms with van der Waals surface area (Å²) in [5.74, 6) is 2.23. The minimum absolute atomic E-state index is 0. The molecule has 158 valence electrons. The second-order valence-corrected chi connectivity index (χ2v) is 9.09. The van der Waals surface area contributed by atoms with Crippen LogP contribution < -0.4 is 0 Å². The Hall–Kier alpha value is -2.51. The molecule has 0 aliphatic heterocycles. The average Bonchev–Trinajstić information content (AvgIpc) is 3.28. The molecule has 0 saturated heterocycles. The molecule has 8 nitrogen and oxygen atoms in total. The Morgan fingerprint density at radius 3 is 1.54 bits per heavy atom. The van der Waals surface area contributed by atoms with Gasteiger partial charge in [0, 0.05) is 16.2 Å². The Labute approximate surface area is 168 Å². The van der Waals surface area contributed by atoms with Gasteiger partial charge in [0.15, 0.2) is 11.7 Å². The predicted octanol–water partition coefficient (Wildman–Crippen LogP) is 5.34. The molecule has 0 aliphatic carbocycles. The Morgan fingerprint density at radius 1 is 0.714 bits per heavy atom. The molecule has 8 heteroatoms. The van der Waals surface area contributed by atoms with Gasteiger partial charge < -0.3 is 13.4 Å². The number of hydrogen-bond donors (Lipinski definition) is 0. The maximum Gasteiger partial charge on any atom is 0.221 e. The summed E-state index contributed by atoms with van der Waals surface area (Å²) >= 11 is 0. The van der Waals surface area contributed by atoms with E-state index in [1.54, 1.807) is 12.5 Å². The van der Waals surface area contributed by atoms with Crippen molar-refractivity contribution in [1.29, 1.82) is 0 Å². The zero-order valence-corrected chi connectivity index (χ0v) is 17.8. The maximum absolute atomic E-state index is 5.09. The van der Waals surface area contributed by atoms with Crippen LogP contribution in [0.25, 0.3) is 0 Å². The van der Waals surface area contributed by atoms with Crippen molar-refractivity contribution in [3.05, 3.63) is 42.9 Å². The molecule has 28 heavy (non-hydrogen) atoms. The van der Waals surface area contributed by atoms with E-state index in [1.807, 2.05) is 41.5 Å². The molecule has 0 radical (unpaired) electrons. The largest absolute Gasteiger partial charge is 0.448 e. The standard InChI is InChI=1S/C7H11NO.2C6H10N2O.CH4/c1-7(2,3)6-8-4-5-9-6;1-6(2,3)5-8-7-4-9-5;1-6(2,3)5-7-4-9-8-5;/h4-5H,1-3H3;2*4H,1-3H3;1H4. The molecule has 3 heterocycles. The fraction of sp³-hybridized carbons (Fsp3) is 0.650. The quantitative estimate of drug-likeness (QED) is 0.504. The van der Waals surface area contributed by atoms with E-state index in [2.05, 4.69) is 50.6 Å². The Bertz CT molecular complexity index is 624. The average molecular weight is 394 g/mol. The Balaban J connectivity index is 0.000000384. The number of oxazole rings is 1. The molecular weight excluding hydrogens is 358 g/mol. The normalized spacial score (nSPS) is 11.5. The van der Waals surface area contributed by atoms with Gasteiger partial charge in [0.2, 0.25) is 18.7 Å². The third kappa shape index (κ3) is 8.92. The van der Waals surface area contributed by atoms with Gasteiger partial charge in [-0.3, -0.25) is 0 Å². The maximum atomic E-state index is 5.09. The van der Waals surface area contributed by atoms with Crippen molar-refractivity contribution in [2.45, 2.75) is 86.0 Å². The first-order chi connectivity index (χ1) is 12.3. The van der Waals surface area contributed by atoms with Gasteiger partial charge in [-0.2, -0.15) is 4.98 Å². The lowest BCUT2D eigenvalue weighted by Gasteiger charge is -2.11. The summed E-state index contributed by atoms with van der Waals surface area (Å²) in [6.07, 6.45) is 5.96. The van der Waals surface area contributed by atoms with E-state index in [1.165, 1.54) is 12.8 Å². The molecule has 3 rings (SSSR count). The first kappa shape index (κ1) is 25.5. The molecule has 0 saturated carbocycles. The molecule has 3 aromatic heterocycles. The minimum atomic E-state index is -0.0174. The van der Waals surface area contributed by atoms with Crippen molar-refractivity contribution in [3.8, 4) is 0 Å². The highest BCUT2D eigenvalue weighted by Crippen LogP contribution is 2.19. The lowest BCUT2D eigenvalue weighted by molar-refractivity contribution is 0.392. The van der Waals surface area contributed by atoms with Crippen molar-refractivity contribution in [3.63, 3.8) is 0 Å². The highest BCUT2D eigenvalue weighted by molar-refractivity contribution is 4.96. The Morgan fingerprint density at radius 2 is 1.32 bits per heavy atom. The van der Waals surface area contributed by atoms with Crippen molar-refractivity contribution in [1.82, 2.24) is 25.3 Å². The third-order valence-corrected chi connectivity index (χ3v) is 3.11. The van der Waals surface area contributed by atoms with E-state index in [4.69, 9.17) is 8.83 Å². The summed E-state index contributed by atoms with van der Waals surface area (Å²) in [4.78, 5) is 7.93. The van der Waals surface area contributed by atoms with E-state index in [-0.39, 0.29) is 23.7 Å². The van der Waals surface area contributed by atoms with Crippen LogP contribution in [0.15, 0.2) is 38.6 Å². The second-order valence-electron chi connectivity index (χ2n) is 9.09. The molecule has 0 aromatic carbocycles. The number of nitrogens with zero attached hydrogens (tertiary/aromatic N) is 5. The number of rotatable bonds is 0. The highest BCUT2D eigenvalue weighted by atomic mass is 16.5. The summed E-state index contributed by atoms with van der Waals surface area (Å²) in [6, 6.07) is 0. The van der Waals surface area contributed by atoms with E-state index >= 15 is 0 Å². The highest BCUT2D eigenvalue weighted by Gasteiger charge is 2.19. The van der Waals surface area contributed by atoms with Crippen molar-refractivity contribution in [2.24, 2.45) is 0 Å². The van der Waals surface area contributed by atoms with Crippen LogP contribution in [0.5, 0.6) is 0 Å². The molecule has 3 aromatic rings. The molecule has 0 atom stereocenters. The molecule has 0 N–H and O–H groups in total. The van der Waals surface area contributed by atoms with Gasteiger partial charge in [-0.1, -0.05) is 74.9 Å². The van der Waals surface area contributed by atoms with Gasteiger partial charge in [-0.05, 0) is 0 Å². The van der Waals surface area contributed by atoms with E-state index < -0.39 is 0 Å². The van der Waals surface area contributed by atoms with Crippen molar-refractivity contribution < 1.29 is 13.4 Å². The van der Waals surface area contributed by atoms with Gasteiger partial charge in [-0.25, -0.2) is 4.98 Å². The fourth-order valence-electron chi connectivity index (χ4n) is 1.59. The molecule has 0 unspecified atom stereocenters. The zero-order chi connectivity index (χ0) is 20.7. The second kappa shape index (κ2) is 10.1. The van der Waals surface area contributed by atoms with E-state index in [9.17, 15) is 0 Å². The van der Waals surface area contributed by atoms with Crippen LogP contribution in [0.1, 0.15) is 87.3 Å². The minimum Gasteiger partial charge on any atom is -0.448 e. The summed E-state index contributed by atoms with van der Waals surface area (Å²) in [5.41, 5.74) is 0.0347. The van der Waals surface area contributed by atoms with Gasteiger partial charge >= 0.3 is 0 Å². The van der Waals surface area contributed by atoms with Gasteiger partial charge in [0.1, 0.15) is 6.26 Å². The van der Waals surface area contributed by atoms with Crippen molar-refractivity contribution in [2.75, 3.05) is 0 Å². The van der Waals surface area contributed by atoms with Crippen LogP contribution in [0.4, 0.5) is 0 Å². The molecule has 0 fully saturated rings. The van der Waals surface area contributed by atoms with Crippen LogP contribution in [-0.2, 0) is 16.2 Å². The Kier molecular flexibility index (Phi) is 9.24. The fourth-order valence-corrected chi connectivity index (χ4v) is 1.59. The van der Waals surface area contributed by atoms with Crippen molar-refractivity contribution >= 4 is 0 Å². The lowest BCUT2D eigenvalue weighted by atomic mass is 9.96. The van der Waals surface area contributed by atoms with E-state index in [0.29, 0.717) is 5.89 Å². The molecule has 0 aliphatic rings. The summed E-state index contributed by atoms with van der Waals surface area (Å²) in [5, 5.41) is 11.0. The summed E-state index contributed by atoms with van der Waals surface area (Å²) in [7, 11) is 0. The van der Waals surface area contributed by atoms with Gasteiger partial charge in [-0.15, -0.1) is 10.2 Å². The van der Waals surface area contributed by atoms with Crippen LogP contribution in [0, 0.1) is 0 Å². The zero-order valence-electron chi connectivity index (χ0n) is 17.8. The monoisotopic (exact) mass is 393 g/mol. The third-order valence-electron chi connectivity index (χ3n) is 3.11. The molecule has 0 spiro atoms. The van der Waals surface area contributed by atoms with Crippen LogP contribution in [0.2, 0.25) is 0 Å². The smallest absolute Gasteiger partial charge is 0.221 e. The predicted molar refractivity (Wildman–Crippen MR) is 108 cm³/mol. The van der Waals surface area contributed by atoms with Crippen LogP contribution >= 0.6 is 0 Å². The van der Waals surface area contributed by atoms with Gasteiger partial charge in [0.25, 0.3) is 0 Å². The molecule has 0 bridgehead atoms. The number of aromatic nitrogens is 5. The van der Waals surface area contributed by atoms with Crippen LogP contribution in [0.3, 0.4) is 0 Å². The summed E-state index contributed by atoms with van der Waals surface area (Å²) in [6.45, 7) is 18.4. The topological polar surface area (TPSA) is 104 Å². The van der Waals surface area contributed by atoms with Crippen LogP contribution in [-0.4, -0.2) is 25.3 Å².